The van der Waals surface area contributed by atoms with Gasteiger partial charge in [0.2, 0.25) is 0 Å². The molecule has 1 aromatic carbocycles. The molecule has 0 aliphatic heterocycles. The van der Waals surface area contributed by atoms with E-state index in [1.54, 1.807) is 11.0 Å². The molecule has 0 radical (unpaired) electrons. The molecule has 82 valence electrons. The van der Waals surface area contributed by atoms with Gasteiger partial charge in [-0.15, -0.1) is 0 Å². The topological polar surface area (TPSA) is 29.3 Å². The fraction of sp³-hybridized carbons (Fsp3) is 0.333. The number of rotatable bonds is 3. The molecule has 2 N–H and O–H groups in total. The van der Waals surface area contributed by atoms with E-state index in [0.29, 0.717) is 5.69 Å². The molecule has 0 aromatic heterocycles. The number of nitrogens with zero attached hydrogens (tertiary/aromatic N) is 1. The van der Waals surface area contributed by atoms with Crippen LogP contribution in [0.5, 0.6) is 0 Å². The minimum Gasteiger partial charge on any atom is -0.375 e. The first-order chi connectivity index (χ1) is 7.00. The van der Waals surface area contributed by atoms with Gasteiger partial charge in [0.25, 0.3) is 0 Å². The van der Waals surface area contributed by atoms with Crippen LogP contribution in [-0.2, 0) is 0 Å². The molecule has 0 spiro atoms. The highest BCUT2D eigenvalue weighted by Crippen LogP contribution is 2.18. The van der Waals surface area contributed by atoms with Crippen LogP contribution in [0.25, 0.3) is 6.08 Å². The third-order valence-electron chi connectivity index (χ3n) is 2.05. The largest absolute Gasteiger partial charge is 0.375 e. The van der Waals surface area contributed by atoms with Gasteiger partial charge in [0.1, 0.15) is 5.82 Å². The van der Waals surface area contributed by atoms with E-state index in [1.165, 1.54) is 6.07 Å². The van der Waals surface area contributed by atoms with Crippen LogP contribution in [0.1, 0.15) is 12.5 Å². The van der Waals surface area contributed by atoms with Crippen LogP contribution < -0.4 is 10.6 Å². The molecule has 0 aliphatic rings. The maximum absolute atomic E-state index is 13.5. The van der Waals surface area contributed by atoms with E-state index in [0.717, 1.165) is 5.56 Å². The molecule has 1 unspecified atom stereocenters. The number of nitrogens with two attached hydrogens (primary N) is 1. The Bertz CT molecular complexity index is 357. The maximum Gasteiger partial charge on any atom is 0.147 e. The molecule has 2 nitrogen and oxygen atoms in total. The van der Waals surface area contributed by atoms with E-state index in [1.807, 2.05) is 39.2 Å². The van der Waals surface area contributed by atoms with Crippen molar-refractivity contribution in [3.63, 3.8) is 0 Å². The minimum absolute atomic E-state index is 0.0124. The van der Waals surface area contributed by atoms with Gasteiger partial charge in [-0.3, -0.25) is 0 Å². The molecular weight excluding hydrogens is 191 g/mol. The summed E-state index contributed by atoms with van der Waals surface area (Å²) >= 11 is 0. The highest BCUT2D eigenvalue weighted by molar-refractivity contribution is 5.56. The number of benzene rings is 1. The van der Waals surface area contributed by atoms with Crippen molar-refractivity contribution >= 4 is 11.8 Å². The molecule has 0 saturated carbocycles. The van der Waals surface area contributed by atoms with Crippen molar-refractivity contribution in [2.45, 2.75) is 13.0 Å². The van der Waals surface area contributed by atoms with Crippen molar-refractivity contribution in [2.75, 3.05) is 19.0 Å². The van der Waals surface area contributed by atoms with Crippen LogP contribution in [0.15, 0.2) is 24.3 Å². The van der Waals surface area contributed by atoms with Gasteiger partial charge in [-0.25, -0.2) is 4.39 Å². The lowest BCUT2D eigenvalue weighted by molar-refractivity contribution is 0.626. The van der Waals surface area contributed by atoms with Crippen molar-refractivity contribution in [1.82, 2.24) is 0 Å². The van der Waals surface area contributed by atoms with Crippen LogP contribution >= 0.6 is 0 Å². The zero-order valence-electron chi connectivity index (χ0n) is 9.37. The molecular formula is C12H17FN2. The summed E-state index contributed by atoms with van der Waals surface area (Å²) in [6.45, 7) is 1.88. The van der Waals surface area contributed by atoms with Crippen LogP contribution in [0.2, 0.25) is 0 Å². The molecule has 0 amide bonds. The fourth-order valence-corrected chi connectivity index (χ4v) is 1.25. The predicted molar refractivity (Wildman–Crippen MR) is 63.4 cm³/mol. The van der Waals surface area contributed by atoms with E-state index in [2.05, 4.69) is 0 Å². The number of hydrogen-bond donors (Lipinski definition) is 1. The average molecular weight is 208 g/mol. The van der Waals surface area contributed by atoms with Crippen LogP contribution in [0, 0.1) is 5.82 Å². The molecule has 0 saturated heterocycles. The maximum atomic E-state index is 13.5. The van der Waals surface area contributed by atoms with Crippen LogP contribution in [0.3, 0.4) is 0 Å². The first-order valence-corrected chi connectivity index (χ1v) is 4.91. The highest BCUT2D eigenvalue weighted by Gasteiger charge is 2.03. The zero-order chi connectivity index (χ0) is 11.4. The Morgan fingerprint density at radius 1 is 1.40 bits per heavy atom. The molecule has 0 aliphatic carbocycles. The highest BCUT2D eigenvalue weighted by atomic mass is 19.1. The Kier molecular flexibility index (Phi) is 3.86. The first kappa shape index (κ1) is 11.7. The van der Waals surface area contributed by atoms with Crippen molar-refractivity contribution < 1.29 is 4.39 Å². The van der Waals surface area contributed by atoms with Gasteiger partial charge in [0, 0.05) is 20.1 Å². The molecule has 1 aromatic rings. The van der Waals surface area contributed by atoms with Crippen molar-refractivity contribution in [1.29, 1.82) is 0 Å². The zero-order valence-corrected chi connectivity index (χ0v) is 9.37. The van der Waals surface area contributed by atoms with E-state index in [4.69, 9.17) is 5.73 Å². The summed E-state index contributed by atoms with van der Waals surface area (Å²) in [6, 6.07) is 5.13. The Balaban J connectivity index is 2.92. The van der Waals surface area contributed by atoms with Gasteiger partial charge in [0.05, 0.1) is 5.69 Å². The predicted octanol–water partition coefficient (Wildman–Crippen LogP) is 2.25. The monoisotopic (exact) mass is 208 g/mol. The normalized spacial score (nSPS) is 13.1. The minimum atomic E-state index is -0.216. The Labute approximate surface area is 90.2 Å². The lowest BCUT2D eigenvalue weighted by atomic mass is 10.1. The number of hydrogen-bond acceptors (Lipinski definition) is 2. The van der Waals surface area contributed by atoms with Gasteiger partial charge in [-0.2, -0.15) is 0 Å². The van der Waals surface area contributed by atoms with Gasteiger partial charge in [-0.05, 0) is 24.6 Å². The summed E-state index contributed by atoms with van der Waals surface area (Å²) < 4.78 is 13.5. The van der Waals surface area contributed by atoms with Crippen molar-refractivity contribution in [3.05, 3.63) is 35.7 Å². The Morgan fingerprint density at radius 2 is 2.07 bits per heavy atom. The van der Waals surface area contributed by atoms with Crippen LogP contribution in [0.4, 0.5) is 10.1 Å². The third-order valence-corrected chi connectivity index (χ3v) is 2.05. The van der Waals surface area contributed by atoms with E-state index in [-0.39, 0.29) is 11.9 Å². The molecule has 15 heavy (non-hydrogen) atoms. The number of anilines is 1. The van der Waals surface area contributed by atoms with E-state index in [9.17, 15) is 4.39 Å². The Morgan fingerprint density at radius 3 is 2.53 bits per heavy atom. The first-order valence-electron chi connectivity index (χ1n) is 4.91. The summed E-state index contributed by atoms with van der Waals surface area (Å²) in [7, 11) is 3.63. The van der Waals surface area contributed by atoms with Crippen molar-refractivity contribution in [3.8, 4) is 0 Å². The second-order valence-electron chi connectivity index (χ2n) is 3.82. The van der Waals surface area contributed by atoms with Gasteiger partial charge >= 0.3 is 0 Å². The molecule has 1 rings (SSSR count). The standard InChI is InChI=1S/C12H17FN2/c1-9(14)4-5-10-6-7-12(15(2)3)11(13)8-10/h4-9H,14H2,1-3H3/b5-4+. The van der Waals surface area contributed by atoms with Gasteiger partial charge in [0.15, 0.2) is 0 Å². The third kappa shape index (κ3) is 3.36. The quantitative estimate of drug-likeness (QED) is 0.825. The summed E-state index contributed by atoms with van der Waals surface area (Å²) in [5.74, 6) is -0.216. The lowest BCUT2D eigenvalue weighted by Gasteiger charge is -2.13. The molecule has 3 heteroatoms. The van der Waals surface area contributed by atoms with E-state index >= 15 is 0 Å². The van der Waals surface area contributed by atoms with Gasteiger partial charge < -0.3 is 10.6 Å². The van der Waals surface area contributed by atoms with E-state index < -0.39 is 0 Å². The second-order valence-corrected chi connectivity index (χ2v) is 3.82. The van der Waals surface area contributed by atoms with Crippen LogP contribution in [-0.4, -0.2) is 20.1 Å². The average Bonchev–Trinajstić information content (AvgIpc) is 2.14. The Hall–Kier alpha value is -1.35. The smallest absolute Gasteiger partial charge is 0.147 e. The van der Waals surface area contributed by atoms with Gasteiger partial charge in [-0.1, -0.05) is 18.2 Å². The molecule has 0 bridgehead atoms. The summed E-state index contributed by atoms with van der Waals surface area (Å²) in [5.41, 5.74) is 6.99. The lowest BCUT2D eigenvalue weighted by Crippen LogP contribution is -2.11. The second kappa shape index (κ2) is 4.94. The summed E-state index contributed by atoms with van der Waals surface area (Å²) in [4.78, 5) is 1.74. The number of halogens is 1. The molecule has 1 atom stereocenters. The molecule has 0 heterocycles. The summed E-state index contributed by atoms with van der Waals surface area (Å²) in [5, 5.41) is 0. The fourth-order valence-electron chi connectivity index (χ4n) is 1.25. The molecule has 0 fully saturated rings. The summed E-state index contributed by atoms with van der Waals surface area (Å²) in [6.07, 6.45) is 3.66. The SMILES string of the molecule is CC(N)/C=C/c1ccc(N(C)C)c(F)c1. The van der Waals surface area contributed by atoms with Crippen molar-refractivity contribution in [2.24, 2.45) is 5.73 Å².